The summed E-state index contributed by atoms with van der Waals surface area (Å²) < 4.78 is 1.89. The van der Waals surface area contributed by atoms with E-state index in [9.17, 15) is 4.79 Å². The standard InChI is InChI=1S/C9H14N2O2/c12-5-3-1-2-4-11-6-9(7-13)10-8-11/h6-8,12H,1-5H2. The van der Waals surface area contributed by atoms with Gasteiger partial charge in [-0.3, -0.25) is 4.79 Å². The van der Waals surface area contributed by atoms with Crippen LogP contribution in [0.1, 0.15) is 29.8 Å². The number of aryl methyl sites for hydroxylation is 1. The number of rotatable bonds is 6. The van der Waals surface area contributed by atoms with E-state index in [1.54, 1.807) is 12.5 Å². The fourth-order valence-corrected chi connectivity index (χ4v) is 1.14. The number of hydrogen-bond acceptors (Lipinski definition) is 3. The Hall–Kier alpha value is -1.16. The summed E-state index contributed by atoms with van der Waals surface area (Å²) in [5.74, 6) is 0. The van der Waals surface area contributed by atoms with Gasteiger partial charge in [0.1, 0.15) is 5.69 Å². The van der Waals surface area contributed by atoms with Crippen LogP contribution < -0.4 is 0 Å². The largest absolute Gasteiger partial charge is 0.396 e. The first-order chi connectivity index (χ1) is 6.36. The van der Waals surface area contributed by atoms with E-state index >= 15 is 0 Å². The van der Waals surface area contributed by atoms with Gasteiger partial charge in [-0.2, -0.15) is 0 Å². The number of aliphatic hydroxyl groups excluding tert-OH is 1. The SMILES string of the molecule is O=Cc1cn(CCCCCO)cn1. The summed E-state index contributed by atoms with van der Waals surface area (Å²) in [6, 6.07) is 0. The van der Waals surface area contributed by atoms with Crippen LogP contribution in [0.5, 0.6) is 0 Å². The molecule has 0 radical (unpaired) electrons. The molecule has 1 N–H and O–H groups in total. The molecule has 1 rings (SSSR count). The lowest BCUT2D eigenvalue weighted by atomic mass is 10.2. The monoisotopic (exact) mass is 182 g/mol. The first-order valence-electron chi connectivity index (χ1n) is 4.44. The molecule has 4 heteroatoms. The molecule has 0 aliphatic carbocycles. The smallest absolute Gasteiger partial charge is 0.169 e. The third-order valence-corrected chi connectivity index (χ3v) is 1.85. The highest BCUT2D eigenvalue weighted by Gasteiger charge is 1.95. The zero-order chi connectivity index (χ0) is 9.52. The van der Waals surface area contributed by atoms with Crippen molar-refractivity contribution in [3.8, 4) is 0 Å². The molecule has 1 aromatic rings. The molecule has 13 heavy (non-hydrogen) atoms. The van der Waals surface area contributed by atoms with E-state index in [1.807, 2.05) is 4.57 Å². The predicted octanol–water partition coefficient (Wildman–Crippen LogP) is 0.858. The number of carbonyl (C=O) groups excluding carboxylic acids is 1. The number of aliphatic hydroxyl groups is 1. The number of hydrogen-bond donors (Lipinski definition) is 1. The molecule has 0 bridgehead atoms. The summed E-state index contributed by atoms with van der Waals surface area (Å²) in [4.78, 5) is 14.2. The number of carbonyl (C=O) groups is 1. The Morgan fingerprint density at radius 1 is 1.46 bits per heavy atom. The van der Waals surface area contributed by atoms with Gasteiger partial charge in [0.15, 0.2) is 6.29 Å². The summed E-state index contributed by atoms with van der Waals surface area (Å²) in [6.45, 7) is 1.12. The average Bonchev–Trinajstić information content (AvgIpc) is 2.60. The highest BCUT2D eigenvalue weighted by Crippen LogP contribution is 1.99. The van der Waals surface area contributed by atoms with Crippen LogP contribution in [0.3, 0.4) is 0 Å². The number of unbranched alkanes of at least 4 members (excludes halogenated alkanes) is 2. The van der Waals surface area contributed by atoms with E-state index in [0.717, 1.165) is 32.1 Å². The Bertz CT molecular complexity index is 258. The Labute approximate surface area is 77.2 Å². The van der Waals surface area contributed by atoms with Crippen LogP contribution in [0.4, 0.5) is 0 Å². The van der Waals surface area contributed by atoms with E-state index < -0.39 is 0 Å². The second-order valence-electron chi connectivity index (χ2n) is 2.94. The third kappa shape index (κ3) is 3.38. The van der Waals surface area contributed by atoms with Gasteiger partial charge in [-0.25, -0.2) is 4.98 Å². The van der Waals surface area contributed by atoms with Gasteiger partial charge in [0, 0.05) is 19.3 Å². The van der Waals surface area contributed by atoms with Crippen molar-refractivity contribution >= 4 is 6.29 Å². The normalized spacial score (nSPS) is 10.2. The summed E-state index contributed by atoms with van der Waals surface area (Å²) in [5, 5.41) is 8.54. The van der Waals surface area contributed by atoms with Crippen LogP contribution in [0.25, 0.3) is 0 Å². The maximum atomic E-state index is 10.3. The van der Waals surface area contributed by atoms with Crippen molar-refractivity contribution < 1.29 is 9.90 Å². The van der Waals surface area contributed by atoms with Gasteiger partial charge in [-0.1, -0.05) is 0 Å². The van der Waals surface area contributed by atoms with Crippen molar-refractivity contribution in [3.05, 3.63) is 18.2 Å². The fraction of sp³-hybridized carbons (Fsp3) is 0.556. The van der Waals surface area contributed by atoms with E-state index in [1.165, 1.54) is 0 Å². The molecule has 0 atom stereocenters. The van der Waals surface area contributed by atoms with Crippen LogP contribution in [0, 0.1) is 0 Å². The summed E-state index contributed by atoms with van der Waals surface area (Å²) in [5.41, 5.74) is 0.474. The molecule has 0 fully saturated rings. The summed E-state index contributed by atoms with van der Waals surface area (Å²) in [6.07, 6.45) is 6.98. The quantitative estimate of drug-likeness (QED) is 0.524. The molecule has 0 amide bonds. The van der Waals surface area contributed by atoms with Crippen LogP contribution in [0.2, 0.25) is 0 Å². The topological polar surface area (TPSA) is 55.1 Å². The van der Waals surface area contributed by atoms with Crippen LogP contribution in [-0.2, 0) is 6.54 Å². The molecule has 0 saturated heterocycles. The highest BCUT2D eigenvalue weighted by atomic mass is 16.2. The third-order valence-electron chi connectivity index (χ3n) is 1.85. The van der Waals surface area contributed by atoms with Crippen LogP contribution in [0.15, 0.2) is 12.5 Å². The lowest BCUT2D eigenvalue weighted by Gasteiger charge is -1.99. The molecule has 72 valence electrons. The Morgan fingerprint density at radius 2 is 2.31 bits per heavy atom. The van der Waals surface area contributed by atoms with E-state index in [4.69, 9.17) is 5.11 Å². The Kier molecular flexibility index (Phi) is 4.18. The molecule has 1 aromatic heterocycles. The number of aldehydes is 1. The van der Waals surface area contributed by atoms with Gasteiger partial charge < -0.3 is 9.67 Å². The van der Waals surface area contributed by atoms with E-state index in [2.05, 4.69) is 4.98 Å². The second-order valence-corrected chi connectivity index (χ2v) is 2.94. The molecule has 0 aliphatic rings. The number of aromatic nitrogens is 2. The minimum absolute atomic E-state index is 0.253. The molecular weight excluding hydrogens is 168 g/mol. The van der Waals surface area contributed by atoms with Gasteiger partial charge >= 0.3 is 0 Å². The minimum Gasteiger partial charge on any atom is -0.396 e. The molecule has 0 aromatic carbocycles. The van der Waals surface area contributed by atoms with Gasteiger partial charge in [0.05, 0.1) is 6.33 Å². The van der Waals surface area contributed by atoms with Crippen LogP contribution >= 0.6 is 0 Å². The van der Waals surface area contributed by atoms with E-state index in [-0.39, 0.29) is 6.61 Å². The van der Waals surface area contributed by atoms with Crippen molar-refractivity contribution in [2.75, 3.05) is 6.61 Å². The van der Waals surface area contributed by atoms with Crippen molar-refractivity contribution in [2.45, 2.75) is 25.8 Å². The summed E-state index contributed by atoms with van der Waals surface area (Å²) in [7, 11) is 0. The first-order valence-corrected chi connectivity index (χ1v) is 4.44. The molecule has 0 unspecified atom stereocenters. The first kappa shape index (κ1) is 9.92. The number of imidazole rings is 1. The molecule has 1 heterocycles. The lowest BCUT2D eigenvalue weighted by Crippen LogP contribution is -1.95. The summed E-state index contributed by atoms with van der Waals surface area (Å²) >= 11 is 0. The molecule has 4 nitrogen and oxygen atoms in total. The molecule has 0 spiro atoms. The van der Waals surface area contributed by atoms with Gasteiger partial charge in [0.25, 0.3) is 0 Å². The number of nitrogens with zero attached hydrogens (tertiary/aromatic N) is 2. The second kappa shape index (κ2) is 5.48. The Balaban J connectivity index is 2.24. The predicted molar refractivity (Wildman–Crippen MR) is 48.6 cm³/mol. The maximum Gasteiger partial charge on any atom is 0.169 e. The Morgan fingerprint density at radius 3 is 2.92 bits per heavy atom. The molecular formula is C9H14N2O2. The molecule has 0 aliphatic heterocycles. The van der Waals surface area contributed by atoms with Crippen LogP contribution in [-0.4, -0.2) is 27.6 Å². The van der Waals surface area contributed by atoms with Gasteiger partial charge in [-0.15, -0.1) is 0 Å². The van der Waals surface area contributed by atoms with Gasteiger partial charge in [-0.05, 0) is 19.3 Å². The maximum absolute atomic E-state index is 10.3. The van der Waals surface area contributed by atoms with Gasteiger partial charge in [0.2, 0.25) is 0 Å². The minimum atomic E-state index is 0.253. The van der Waals surface area contributed by atoms with Crippen molar-refractivity contribution in [2.24, 2.45) is 0 Å². The zero-order valence-corrected chi connectivity index (χ0v) is 7.52. The van der Waals surface area contributed by atoms with Crippen molar-refractivity contribution in [1.29, 1.82) is 0 Å². The zero-order valence-electron chi connectivity index (χ0n) is 7.52. The average molecular weight is 182 g/mol. The fourth-order valence-electron chi connectivity index (χ4n) is 1.14. The highest BCUT2D eigenvalue weighted by molar-refractivity contribution is 5.70. The van der Waals surface area contributed by atoms with Crippen molar-refractivity contribution in [1.82, 2.24) is 9.55 Å². The lowest BCUT2D eigenvalue weighted by molar-refractivity contribution is 0.111. The van der Waals surface area contributed by atoms with Crippen molar-refractivity contribution in [3.63, 3.8) is 0 Å². The van der Waals surface area contributed by atoms with E-state index in [0.29, 0.717) is 5.69 Å². The molecule has 0 saturated carbocycles.